The molecule has 1 heterocycles. The van der Waals surface area contributed by atoms with E-state index in [0.29, 0.717) is 6.42 Å². The summed E-state index contributed by atoms with van der Waals surface area (Å²) in [6.07, 6.45) is 0.361. The quantitative estimate of drug-likeness (QED) is 0.672. The molecule has 0 aliphatic carbocycles. The van der Waals surface area contributed by atoms with Crippen molar-refractivity contribution in [2.75, 3.05) is 26.2 Å². The van der Waals surface area contributed by atoms with Crippen LogP contribution in [0.3, 0.4) is 0 Å². The SMILES string of the molecule is O=C(CC(c1ccccc1)c1ccccc1O)N1CCN(Cc2ccccc2)CC1. The first-order valence-corrected chi connectivity index (χ1v) is 10.6. The van der Waals surface area contributed by atoms with Crippen LogP contribution < -0.4 is 0 Å². The van der Waals surface area contributed by atoms with E-state index in [1.54, 1.807) is 6.07 Å². The van der Waals surface area contributed by atoms with Crippen LogP contribution in [0.1, 0.15) is 29.0 Å². The summed E-state index contributed by atoms with van der Waals surface area (Å²) in [4.78, 5) is 17.5. The van der Waals surface area contributed by atoms with E-state index in [4.69, 9.17) is 0 Å². The fraction of sp³-hybridized carbons (Fsp3) is 0.269. The van der Waals surface area contributed by atoms with Crippen molar-refractivity contribution in [3.05, 3.63) is 102 Å². The predicted octanol–water partition coefficient (Wildman–Crippen LogP) is 4.26. The molecule has 4 nitrogen and oxygen atoms in total. The van der Waals surface area contributed by atoms with Gasteiger partial charge >= 0.3 is 0 Å². The van der Waals surface area contributed by atoms with Crippen LogP contribution in [0, 0.1) is 0 Å². The topological polar surface area (TPSA) is 43.8 Å². The van der Waals surface area contributed by atoms with Crippen LogP contribution in [-0.4, -0.2) is 47.0 Å². The Morgan fingerprint density at radius 3 is 2.07 bits per heavy atom. The van der Waals surface area contributed by atoms with Gasteiger partial charge < -0.3 is 10.0 Å². The van der Waals surface area contributed by atoms with E-state index in [9.17, 15) is 9.90 Å². The monoisotopic (exact) mass is 400 g/mol. The van der Waals surface area contributed by atoms with Gasteiger partial charge in [0, 0.05) is 50.6 Å². The summed E-state index contributed by atoms with van der Waals surface area (Å²) in [5.41, 5.74) is 3.16. The second-order valence-electron chi connectivity index (χ2n) is 7.87. The molecule has 1 unspecified atom stereocenters. The van der Waals surface area contributed by atoms with Crippen molar-refractivity contribution in [1.29, 1.82) is 0 Å². The number of aromatic hydroxyl groups is 1. The molecule has 1 aliphatic rings. The maximum absolute atomic E-state index is 13.2. The van der Waals surface area contributed by atoms with E-state index >= 15 is 0 Å². The first-order chi connectivity index (χ1) is 14.7. The molecule has 3 aromatic carbocycles. The Hall–Kier alpha value is -3.11. The van der Waals surface area contributed by atoms with Crippen LogP contribution >= 0.6 is 0 Å². The molecule has 0 radical (unpaired) electrons. The minimum absolute atomic E-state index is 0.145. The van der Waals surface area contributed by atoms with E-state index < -0.39 is 0 Å². The summed E-state index contributed by atoms with van der Waals surface area (Å²) >= 11 is 0. The molecule has 0 bridgehead atoms. The van der Waals surface area contributed by atoms with Gasteiger partial charge in [0.25, 0.3) is 0 Å². The number of carbonyl (C=O) groups excluding carboxylic acids is 1. The average Bonchev–Trinajstić information content (AvgIpc) is 2.80. The smallest absolute Gasteiger partial charge is 0.223 e. The molecule has 1 atom stereocenters. The molecular weight excluding hydrogens is 372 g/mol. The van der Waals surface area contributed by atoms with Gasteiger partial charge in [0.2, 0.25) is 5.91 Å². The van der Waals surface area contributed by atoms with Crippen molar-refractivity contribution in [2.24, 2.45) is 0 Å². The zero-order valence-electron chi connectivity index (χ0n) is 17.2. The number of nitrogens with zero attached hydrogens (tertiary/aromatic N) is 2. The van der Waals surface area contributed by atoms with Crippen LogP contribution in [0.25, 0.3) is 0 Å². The van der Waals surface area contributed by atoms with E-state index in [-0.39, 0.29) is 17.6 Å². The number of hydrogen-bond acceptors (Lipinski definition) is 3. The molecule has 30 heavy (non-hydrogen) atoms. The third-order valence-corrected chi connectivity index (χ3v) is 5.87. The summed E-state index contributed by atoms with van der Waals surface area (Å²) in [7, 11) is 0. The van der Waals surface area contributed by atoms with Gasteiger partial charge in [-0.15, -0.1) is 0 Å². The Balaban J connectivity index is 1.42. The summed E-state index contributed by atoms with van der Waals surface area (Å²) < 4.78 is 0. The number of amides is 1. The average molecular weight is 401 g/mol. The highest BCUT2D eigenvalue weighted by atomic mass is 16.3. The second kappa shape index (κ2) is 9.59. The number of hydrogen-bond donors (Lipinski definition) is 1. The van der Waals surface area contributed by atoms with Crippen molar-refractivity contribution >= 4 is 5.91 Å². The van der Waals surface area contributed by atoms with Gasteiger partial charge in [-0.2, -0.15) is 0 Å². The Morgan fingerprint density at radius 2 is 1.40 bits per heavy atom. The van der Waals surface area contributed by atoms with Crippen LogP contribution in [-0.2, 0) is 11.3 Å². The Morgan fingerprint density at radius 1 is 0.800 bits per heavy atom. The summed E-state index contributed by atoms with van der Waals surface area (Å²) in [5.74, 6) is 0.237. The zero-order valence-corrected chi connectivity index (χ0v) is 17.2. The number of rotatable bonds is 6. The van der Waals surface area contributed by atoms with Crippen molar-refractivity contribution in [3.8, 4) is 5.75 Å². The standard InChI is InChI=1S/C26H28N2O2/c29-25-14-8-7-13-23(25)24(22-11-5-2-6-12-22)19-26(30)28-17-15-27(16-18-28)20-21-9-3-1-4-10-21/h1-14,24,29H,15-20H2. The summed E-state index contributed by atoms with van der Waals surface area (Å²) in [6, 6.07) is 27.8. The normalized spacial score (nSPS) is 15.7. The minimum Gasteiger partial charge on any atom is -0.508 e. The summed E-state index contributed by atoms with van der Waals surface area (Å²) in [6.45, 7) is 4.18. The first-order valence-electron chi connectivity index (χ1n) is 10.6. The highest BCUT2D eigenvalue weighted by Gasteiger charge is 2.26. The molecular formula is C26H28N2O2. The molecule has 1 N–H and O–H groups in total. The molecule has 1 saturated heterocycles. The fourth-order valence-corrected chi connectivity index (χ4v) is 4.18. The number of carbonyl (C=O) groups is 1. The molecule has 1 amide bonds. The molecule has 4 rings (SSSR count). The molecule has 1 fully saturated rings. The van der Waals surface area contributed by atoms with Crippen LogP contribution in [0.2, 0.25) is 0 Å². The predicted molar refractivity (Wildman–Crippen MR) is 119 cm³/mol. The van der Waals surface area contributed by atoms with Crippen molar-refractivity contribution in [1.82, 2.24) is 9.80 Å². The highest BCUT2D eigenvalue weighted by Crippen LogP contribution is 2.34. The van der Waals surface area contributed by atoms with E-state index in [1.807, 2.05) is 59.5 Å². The van der Waals surface area contributed by atoms with Gasteiger partial charge in [0.05, 0.1) is 0 Å². The lowest BCUT2D eigenvalue weighted by atomic mass is 9.87. The fourth-order valence-electron chi connectivity index (χ4n) is 4.18. The number of benzene rings is 3. The van der Waals surface area contributed by atoms with E-state index in [2.05, 4.69) is 29.2 Å². The lowest BCUT2D eigenvalue weighted by molar-refractivity contribution is -0.133. The van der Waals surface area contributed by atoms with Gasteiger partial charge in [0.1, 0.15) is 5.75 Å². The molecule has 4 heteroatoms. The van der Waals surface area contributed by atoms with E-state index in [0.717, 1.165) is 43.9 Å². The first kappa shape index (κ1) is 20.2. The maximum Gasteiger partial charge on any atom is 0.223 e. The third kappa shape index (κ3) is 4.89. The zero-order chi connectivity index (χ0) is 20.8. The Bertz CT molecular complexity index is 951. The van der Waals surface area contributed by atoms with Gasteiger partial charge in [-0.1, -0.05) is 78.9 Å². The summed E-state index contributed by atoms with van der Waals surface area (Å²) in [5, 5.41) is 10.4. The minimum atomic E-state index is -0.151. The van der Waals surface area contributed by atoms with Gasteiger partial charge in [-0.05, 0) is 17.2 Å². The number of phenolic OH excluding ortho intramolecular Hbond substituents is 1. The number of para-hydroxylation sites is 1. The molecule has 0 saturated carbocycles. The van der Waals surface area contributed by atoms with Crippen molar-refractivity contribution in [3.63, 3.8) is 0 Å². The van der Waals surface area contributed by atoms with Gasteiger partial charge in [-0.25, -0.2) is 0 Å². The molecule has 0 aromatic heterocycles. The van der Waals surface area contributed by atoms with Crippen LogP contribution in [0.5, 0.6) is 5.75 Å². The molecule has 3 aromatic rings. The maximum atomic E-state index is 13.2. The van der Waals surface area contributed by atoms with E-state index in [1.165, 1.54) is 5.56 Å². The third-order valence-electron chi connectivity index (χ3n) is 5.87. The molecule has 154 valence electrons. The lowest BCUT2D eigenvalue weighted by Crippen LogP contribution is -2.48. The second-order valence-corrected chi connectivity index (χ2v) is 7.87. The van der Waals surface area contributed by atoms with Gasteiger partial charge in [-0.3, -0.25) is 9.69 Å². The Labute approximate surface area is 178 Å². The van der Waals surface area contributed by atoms with Crippen molar-refractivity contribution < 1.29 is 9.90 Å². The number of piperazine rings is 1. The number of phenols is 1. The van der Waals surface area contributed by atoms with Crippen molar-refractivity contribution in [2.45, 2.75) is 18.9 Å². The lowest BCUT2D eigenvalue weighted by Gasteiger charge is -2.35. The Kier molecular flexibility index (Phi) is 6.45. The molecule has 0 spiro atoms. The van der Waals surface area contributed by atoms with Gasteiger partial charge in [0.15, 0.2) is 0 Å². The molecule has 1 aliphatic heterocycles. The highest BCUT2D eigenvalue weighted by molar-refractivity contribution is 5.78. The largest absolute Gasteiger partial charge is 0.508 e. The van der Waals surface area contributed by atoms with Crippen LogP contribution in [0.4, 0.5) is 0 Å². The van der Waals surface area contributed by atoms with Crippen LogP contribution in [0.15, 0.2) is 84.9 Å².